The third-order valence-corrected chi connectivity index (χ3v) is 9.41. The Kier molecular flexibility index (Phi) is 7.45. The summed E-state index contributed by atoms with van der Waals surface area (Å²) in [5.74, 6) is -0.0730. The number of nitrogens with one attached hydrogen (secondary N) is 1. The summed E-state index contributed by atoms with van der Waals surface area (Å²) in [7, 11) is 0. The van der Waals surface area contributed by atoms with Crippen LogP contribution in [0.1, 0.15) is 57.9 Å². The number of ether oxygens (including phenoxy) is 2. The first-order valence-electron chi connectivity index (χ1n) is 15.7. The van der Waals surface area contributed by atoms with Gasteiger partial charge in [-0.1, -0.05) is 25.8 Å². The van der Waals surface area contributed by atoms with Gasteiger partial charge in [0.2, 0.25) is 11.8 Å². The smallest absolute Gasteiger partial charge is 0.225 e. The number of rotatable bonds is 5. The molecular weight excluding hydrogens is 550 g/mol. The van der Waals surface area contributed by atoms with Gasteiger partial charge >= 0.3 is 0 Å². The zero-order valence-electron chi connectivity index (χ0n) is 24.8. The van der Waals surface area contributed by atoms with Gasteiger partial charge in [-0.15, -0.1) is 0 Å². The minimum absolute atomic E-state index is 0.0261. The van der Waals surface area contributed by atoms with Gasteiger partial charge in [-0.2, -0.15) is 0 Å². The number of phenolic OH excluding ortho intramolecular Hbond substituents is 1. The lowest BCUT2D eigenvalue weighted by molar-refractivity contribution is 0.199. The highest BCUT2D eigenvalue weighted by Crippen LogP contribution is 2.45. The van der Waals surface area contributed by atoms with Crippen LogP contribution in [0.5, 0.6) is 17.5 Å². The van der Waals surface area contributed by atoms with Gasteiger partial charge in [-0.25, -0.2) is 18.7 Å². The summed E-state index contributed by atoms with van der Waals surface area (Å²) in [5, 5.41) is 15.8. The minimum atomic E-state index is -0.645. The first-order chi connectivity index (χ1) is 20.9. The number of fused-ring (bicyclic) bond motifs is 3. The average molecular weight is 589 g/mol. The van der Waals surface area contributed by atoms with E-state index in [2.05, 4.69) is 17.1 Å². The summed E-state index contributed by atoms with van der Waals surface area (Å²) in [4.78, 5) is 11.8. The Morgan fingerprint density at radius 1 is 1.07 bits per heavy atom. The van der Waals surface area contributed by atoms with Crippen molar-refractivity contribution in [3.05, 3.63) is 47.5 Å². The van der Waals surface area contributed by atoms with Crippen molar-refractivity contribution < 1.29 is 23.4 Å². The predicted molar refractivity (Wildman–Crippen MR) is 164 cm³/mol. The summed E-state index contributed by atoms with van der Waals surface area (Å²) in [6.45, 7) is 6.65. The highest BCUT2D eigenvalue weighted by molar-refractivity contribution is 6.04. The predicted octanol–water partition coefficient (Wildman–Crippen LogP) is 6.90. The maximum Gasteiger partial charge on any atom is 0.225 e. The number of aromatic hydroxyl groups is 1. The SMILES string of the molecule is CCc1c(F)ccc2cc(O)cc(-c3nc4c5c(cc(OC[C@H]6CC[C@@H](C)NC6)nc5c3F)N3CCCCCC3CO4)c12. The number of hydrogen-bond acceptors (Lipinski definition) is 7. The largest absolute Gasteiger partial charge is 0.508 e. The van der Waals surface area contributed by atoms with Crippen molar-refractivity contribution >= 4 is 27.4 Å². The van der Waals surface area contributed by atoms with Gasteiger partial charge in [0.25, 0.3) is 0 Å². The van der Waals surface area contributed by atoms with Crippen LogP contribution < -0.4 is 19.7 Å². The molecule has 7 nitrogen and oxygen atoms in total. The van der Waals surface area contributed by atoms with E-state index in [1.807, 2.05) is 13.0 Å². The highest BCUT2D eigenvalue weighted by Gasteiger charge is 2.32. The molecule has 0 saturated carbocycles. The summed E-state index contributed by atoms with van der Waals surface area (Å²) in [6.07, 6.45) is 6.77. The number of aromatic nitrogens is 2. The lowest BCUT2D eigenvalue weighted by atomic mass is 9.94. The molecule has 2 aromatic heterocycles. The third kappa shape index (κ3) is 5.11. The van der Waals surface area contributed by atoms with E-state index in [0.717, 1.165) is 57.3 Å². The van der Waals surface area contributed by atoms with Crippen LogP contribution in [0, 0.1) is 17.6 Å². The summed E-state index contributed by atoms with van der Waals surface area (Å²) in [5.41, 5.74) is 1.66. The Morgan fingerprint density at radius 2 is 1.95 bits per heavy atom. The quantitative estimate of drug-likeness (QED) is 0.262. The fourth-order valence-corrected chi connectivity index (χ4v) is 7.06. The van der Waals surface area contributed by atoms with Gasteiger partial charge in [-0.3, -0.25) is 0 Å². The maximum absolute atomic E-state index is 16.9. The molecule has 2 N–H and O–H groups in total. The molecule has 9 heteroatoms. The number of nitrogens with zero attached hydrogens (tertiary/aromatic N) is 3. The van der Waals surface area contributed by atoms with Crippen molar-refractivity contribution in [1.82, 2.24) is 15.3 Å². The zero-order valence-corrected chi connectivity index (χ0v) is 24.8. The first-order valence-corrected chi connectivity index (χ1v) is 15.7. The molecule has 2 saturated heterocycles. The van der Waals surface area contributed by atoms with Crippen LogP contribution in [0.15, 0.2) is 30.3 Å². The monoisotopic (exact) mass is 588 g/mol. The average Bonchev–Trinajstić information content (AvgIpc) is 3.33. The van der Waals surface area contributed by atoms with Crippen molar-refractivity contribution in [3.8, 4) is 28.8 Å². The summed E-state index contributed by atoms with van der Waals surface area (Å²) in [6, 6.07) is 8.53. The van der Waals surface area contributed by atoms with E-state index in [9.17, 15) is 5.11 Å². The highest BCUT2D eigenvalue weighted by atomic mass is 19.1. The second-order valence-electron chi connectivity index (χ2n) is 12.3. The lowest BCUT2D eigenvalue weighted by Gasteiger charge is -2.30. The molecule has 226 valence electrons. The number of phenols is 1. The van der Waals surface area contributed by atoms with E-state index >= 15 is 8.78 Å². The molecule has 2 fully saturated rings. The number of anilines is 1. The molecule has 2 aromatic carbocycles. The molecule has 0 aliphatic carbocycles. The number of hydrogen-bond donors (Lipinski definition) is 2. The van der Waals surface area contributed by atoms with E-state index in [1.165, 1.54) is 12.1 Å². The van der Waals surface area contributed by atoms with Crippen LogP contribution in [-0.2, 0) is 6.42 Å². The zero-order chi connectivity index (χ0) is 29.7. The number of aryl methyl sites for hydroxylation is 1. The molecule has 0 bridgehead atoms. The van der Waals surface area contributed by atoms with E-state index in [-0.39, 0.29) is 28.8 Å². The van der Waals surface area contributed by atoms with Gasteiger partial charge in [0.15, 0.2) is 5.82 Å². The molecule has 1 unspecified atom stereocenters. The molecule has 0 spiro atoms. The normalized spacial score (nSPS) is 22.1. The van der Waals surface area contributed by atoms with Crippen molar-refractivity contribution in [2.45, 2.75) is 70.9 Å². The number of piperidine rings is 1. The van der Waals surface area contributed by atoms with Crippen LogP contribution in [0.2, 0.25) is 0 Å². The Hall–Kier alpha value is -3.72. The topological polar surface area (TPSA) is 79.7 Å². The van der Waals surface area contributed by atoms with E-state index in [4.69, 9.17) is 19.4 Å². The summed E-state index contributed by atoms with van der Waals surface area (Å²) < 4.78 is 44.5. The fourth-order valence-electron chi connectivity index (χ4n) is 7.06. The first kappa shape index (κ1) is 28.1. The molecule has 3 aliphatic rings. The van der Waals surface area contributed by atoms with Gasteiger partial charge in [-0.05, 0) is 73.6 Å². The van der Waals surface area contributed by atoms with Crippen LogP contribution in [0.4, 0.5) is 14.5 Å². The van der Waals surface area contributed by atoms with Crippen molar-refractivity contribution in [3.63, 3.8) is 0 Å². The number of halogens is 2. The van der Waals surface area contributed by atoms with E-state index in [0.29, 0.717) is 70.6 Å². The van der Waals surface area contributed by atoms with Crippen LogP contribution >= 0.6 is 0 Å². The Balaban J connectivity index is 1.42. The second-order valence-corrected chi connectivity index (χ2v) is 12.3. The van der Waals surface area contributed by atoms with Crippen LogP contribution in [-0.4, -0.2) is 53.5 Å². The molecule has 0 radical (unpaired) electrons. The Labute approximate surface area is 250 Å². The number of pyridine rings is 2. The molecule has 43 heavy (non-hydrogen) atoms. The molecule has 0 amide bonds. The minimum Gasteiger partial charge on any atom is -0.508 e. The Bertz CT molecular complexity index is 1690. The third-order valence-electron chi connectivity index (χ3n) is 9.41. The van der Waals surface area contributed by atoms with E-state index in [1.54, 1.807) is 12.1 Å². The molecular formula is C34H38F2N4O3. The molecule has 3 aliphatic heterocycles. The standard InChI is InChI=1S/C34H38F2N4O3/c1-3-24-26(35)11-10-21-13-23(41)14-25(29(21)24)32-31(36)33-30-27(15-28(38-33)42-17-20-9-8-19(2)37-16-20)40-12-6-4-5-7-22(40)18-43-34(30)39-32/h10-11,13-15,19-20,22,37,41H,3-9,12,16-18H2,1-2H3/t19-,20+,22?/m1/s1. The van der Waals surface area contributed by atoms with Gasteiger partial charge in [0, 0.05) is 36.7 Å². The molecule has 7 rings (SSSR count). The molecule has 4 aromatic rings. The van der Waals surface area contributed by atoms with Crippen molar-refractivity contribution in [2.75, 3.05) is 31.2 Å². The Morgan fingerprint density at radius 3 is 2.77 bits per heavy atom. The van der Waals surface area contributed by atoms with Crippen molar-refractivity contribution in [1.29, 1.82) is 0 Å². The van der Waals surface area contributed by atoms with Gasteiger partial charge in [0.05, 0.1) is 23.7 Å². The van der Waals surface area contributed by atoms with Gasteiger partial charge in [0.1, 0.15) is 29.4 Å². The number of benzene rings is 2. The summed E-state index contributed by atoms with van der Waals surface area (Å²) >= 11 is 0. The fraction of sp³-hybridized carbons (Fsp3) is 0.471. The van der Waals surface area contributed by atoms with Gasteiger partial charge < -0.3 is 24.8 Å². The van der Waals surface area contributed by atoms with Crippen molar-refractivity contribution in [2.24, 2.45) is 5.92 Å². The maximum atomic E-state index is 16.9. The molecule has 5 heterocycles. The van der Waals surface area contributed by atoms with E-state index < -0.39 is 5.82 Å². The van der Waals surface area contributed by atoms with Crippen LogP contribution in [0.25, 0.3) is 32.9 Å². The molecule has 3 atom stereocenters. The van der Waals surface area contributed by atoms with Crippen LogP contribution in [0.3, 0.4) is 0 Å². The lowest BCUT2D eigenvalue weighted by Crippen LogP contribution is -2.39. The second kappa shape index (κ2) is 11.4.